The summed E-state index contributed by atoms with van der Waals surface area (Å²) in [5.41, 5.74) is -0.468. The third-order valence-corrected chi connectivity index (χ3v) is 5.28. The highest BCUT2D eigenvalue weighted by Gasteiger charge is 2.36. The minimum absolute atomic E-state index is 0.0868. The van der Waals surface area contributed by atoms with Crippen LogP contribution in [0.4, 0.5) is 4.39 Å². The fourth-order valence-corrected chi connectivity index (χ4v) is 4.58. The molecule has 0 spiro atoms. The van der Waals surface area contributed by atoms with Crippen LogP contribution in [-0.2, 0) is 10.0 Å². The molecule has 0 unspecified atom stereocenters. The lowest BCUT2D eigenvalue weighted by Crippen LogP contribution is -2.40. The van der Waals surface area contributed by atoms with E-state index in [1.54, 1.807) is 6.07 Å². The van der Waals surface area contributed by atoms with E-state index in [0.29, 0.717) is 10.2 Å². The van der Waals surface area contributed by atoms with E-state index in [0.717, 1.165) is 32.1 Å². The zero-order chi connectivity index (χ0) is 15.5. The van der Waals surface area contributed by atoms with E-state index in [1.165, 1.54) is 12.1 Å². The fraction of sp³-hybridized carbons (Fsp3) is 0.571. The van der Waals surface area contributed by atoms with Crippen molar-refractivity contribution in [2.45, 2.75) is 32.1 Å². The van der Waals surface area contributed by atoms with Gasteiger partial charge in [-0.15, -0.1) is 0 Å². The number of halogens is 2. The van der Waals surface area contributed by atoms with Crippen molar-refractivity contribution in [2.24, 2.45) is 10.6 Å². The molecule has 21 heavy (non-hydrogen) atoms. The predicted octanol–water partition coefficient (Wildman–Crippen LogP) is 3.21. The zero-order valence-electron chi connectivity index (χ0n) is 11.6. The number of ether oxygens (including phenoxy) is 1. The molecule has 0 aliphatic heterocycles. The molecule has 118 valence electrons. The molecular weight excluding hydrogens is 361 g/mol. The molecule has 0 heterocycles. The molecule has 1 aromatic rings. The Labute approximate surface area is 133 Å². The van der Waals surface area contributed by atoms with Gasteiger partial charge in [-0.3, -0.25) is 0 Å². The van der Waals surface area contributed by atoms with Crippen LogP contribution in [0.5, 0.6) is 5.75 Å². The van der Waals surface area contributed by atoms with Crippen LogP contribution in [-0.4, -0.2) is 20.8 Å². The van der Waals surface area contributed by atoms with E-state index in [9.17, 15) is 12.8 Å². The van der Waals surface area contributed by atoms with Crippen molar-refractivity contribution in [3.8, 4) is 5.75 Å². The summed E-state index contributed by atoms with van der Waals surface area (Å²) in [6.45, 7) is 0.235. The third kappa shape index (κ3) is 5.23. The van der Waals surface area contributed by atoms with Gasteiger partial charge in [-0.2, -0.15) is 0 Å². The van der Waals surface area contributed by atoms with Gasteiger partial charge in [0.2, 0.25) is 10.0 Å². The lowest BCUT2D eigenvalue weighted by atomic mass is 9.76. The molecule has 0 radical (unpaired) electrons. The van der Waals surface area contributed by atoms with Gasteiger partial charge in [0.05, 0.1) is 12.4 Å². The van der Waals surface area contributed by atoms with Crippen LogP contribution >= 0.6 is 15.9 Å². The van der Waals surface area contributed by atoms with Crippen LogP contribution in [0.2, 0.25) is 0 Å². The number of benzene rings is 1. The smallest absolute Gasteiger partial charge is 0.209 e. The largest absolute Gasteiger partial charge is 0.493 e. The first-order chi connectivity index (χ1) is 9.78. The van der Waals surface area contributed by atoms with Crippen LogP contribution in [0, 0.1) is 11.2 Å². The summed E-state index contributed by atoms with van der Waals surface area (Å²) in [6.07, 6.45) is 4.55. The quantitative estimate of drug-likeness (QED) is 0.853. The van der Waals surface area contributed by atoms with Crippen molar-refractivity contribution in [3.63, 3.8) is 0 Å². The van der Waals surface area contributed by atoms with Crippen molar-refractivity contribution in [2.75, 3.05) is 12.4 Å². The van der Waals surface area contributed by atoms with Crippen LogP contribution in [0.1, 0.15) is 32.1 Å². The van der Waals surface area contributed by atoms with Gasteiger partial charge in [0, 0.05) is 16.0 Å². The molecule has 0 atom stereocenters. The molecule has 2 N–H and O–H groups in total. The molecule has 4 nitrogen and oxygen atoms in total. The third-order valence-electron chi connectivity index (χ3n) is 3.80. The summed E-state index contributed by atoms with van der Waals surface area (Å²) in [7, 11) is -3.57. The van der Waals surface area contributed by atoms with Gasteiger partial charge >= 0.3 is 0 Å². The molecule has 1 aliphatic rings. The van der Waals surface area contributed by atoms with Gasteiger partial charge in [0.1, 0.15) is 11.6 Å². The maximum atomic E-state index is 13.3. The van der Waals surface area contributed by atoms with E-state index < -0.39 is 21.3 Å². The summed E-state index contributed by atoms with van der Waals surface area (Å²) >= 11 is 3.21. The maximum absolute atomic E-state index is 13.3. The van der Waals surface area contributed by atoms with E-state index in [4.69, 9.17) is 9.88 Å². The van der Waals surface area contributed by atoms with Crippen LogP contribution in [0.3, 0.4) is 0 Å². The Balaban J connectivity index is 2.11. The van der Waals surface area contributed by atoms with E-state index in [-0.39, 0.29) is 12.4 Å². The highest BCUT2D eigenvalue weighted by molar-refractivity contribution is 9.10. The standard InChI is InChI=1S/C14H19BrFNO3S/c15-11-6-12(16)8-13(7-11)20-9-14(10-21(17,18)19)4-2-1-3-5-14/h6-8H,1-5,9-10H2,(H2,17,18,19). The van der Waals surface area contributed by atoms with Crippen molar-refractivity contribution in [3.05, 3.63) is 28.5 Å². The monoisotopic (exact) mass is 379 g/mol. The highest BCUT2D eigenvalue weighted by atomic mass is 79.9. The molecule has 0 bridgehead atoms. The number of rotatable bonds is 5. The van der Waals surface area contributed by atoms with Crippen LogP contribution in [0.25, 0.3) is 0 Å². The van der Waals surface area contributed by atoms with E-state index in [1.807, 2.05) is 0 Å². The first-order valence-electron chi connectivity index (χ1n) is 6.87. The molecule has 0 amide bonds. The average Bonchev–Trinajstić information content (AvgIpc) is 2.34. The fourth-order valence-electron chi connectivity index (χ4n) is 2.91. The molecule has 1 aliphatic carbocycles. The Morgan fingerprint density at radius 3 is 2.48 bits per heavy atom. The Morgan fingerprint density at radius 1 is 1.24 bits per heavy atom. The van der Waals surface area contributed by atoms with E-state index in [2.05, 4.69) is 15.9 Å². The minimum atomic E-state index is -3.57. The number of sulfonamides is 1. The number of hydrogen-bond acceptors (Lipinski definition) is 3. The second-order valence-electron chi connectivity index (χ2n) is 5.76. The Morgan fingerprint density at radius 2 is 1.90 bits per heavy atom. The summed E-state index contributed by atoms with van der Waals surface area (Å²) in [5, 5.41) is 5.22. The van der Waals surface area contributed by atoms with E-state index >= 15 is 0 Å². The highest BCUT2D eigenvalue weighted by Crippen LogP contribution is 2.38. The molecule has 1 fully saturated rings. The molecule has 0 aromatic heterocycles. The number of primary sulfonamides is 1. The average molecular weight is 380 g/mol. The number of hydrogen-bond donors (Lipinski definition) is 1. The summed E-state index contributed by atoms with van der Waals surface area (Å²) in [6, 6.07) is 4.29. The molecular formula is C14H19BrFNO3S. The molecule has 1 aromatic carbocycles. The topological polar surface area (TPSA) is 69.4 Å². The van der Waals surface area contributed by atoms with Crippen LogP contribution in [0.15, 0.2) is 22.7 Å². The first kappa shape index (κ1) is 16.7. The Hall–Kier alpha value is -0.660. The van der Waals surface area contributed by atoms with Crippen molar-refractivity contribution in [1.29, 1.82) is 0 Å². The first-order valence-corrected chi connectivity index (χ1v) is 9.38. The van der Waals surface area contributed by atoms with Gasteiger partial charge in [0.15, 0.2) is 0 Å². The Bertz CT molecular complexity index is 580. The molecule has 2 rings (SSSR count). The normalized spacial score (nSPS) is 18.4. The molecule has 0 saturated heterocycles. The second kappa shape index (κ2) is 6.62. The predicted molar refractivity (Wildman–Crippen MR) is 83.1 cm³/mol. The maximum Gasteiger partial charge on any atom is 0.209 e. The van der Waals surface area contributed by atoms with Gasteiger partial charge in [-0.25, -0.2) is 17.9 Å². The van der Waals surface area contributed by atoms with Gasteiger partial charge < -0.3 is 4.74 Å². The van der Waals surface area contributed by atoms with Gasteiger partial charge in [-0.1, -0.05) is 35.2 Å². The number of nitrogens with two attached hydrogens (primary N) is 1. The lowest BCUT2D eigenvalue weighted by Gasteiger charge is -2.36. The summed E-state index contributed by atoms with van der Waals surface area (Å²) in [5.74, 6) is -0.0963. The zero-order valence-corrected chi connectivity index (χ0v) is 14.1. The van der Waals surface area contributed by atoms with Gasteiger partial charge in [0.25, 0.3) is 0 Å². The van der Waals surface area contributed by atoms with Gasteiger partial charge in [-0.05, 0) is 25.0 Å². The molecule has 1 saturated carbocycles. The summed E-state index contributed by atoms with van der Waals surface area (Å²) in [4.78, 5) is 0. The van der Waals surface area contributed by atoms with Crippen LogP contribution < -0.4 is 9.88 Å². The second-order valence-corrected chi connectivity index (χ2v) is 8.29. The van der Waals surface area contributed by atoms with Crippen molar-refractivity contribution < 1.29 is 17.5 Å². The van der Waals surface area contributed by atoms with Crippen molar-refractivity contribution >= 4 is 26.0 Å². The minimum Gasteiger partial charge on any atom is -0.493 e. The Kier molecular flexibility index (Phi) is 5.27. The molecule has 7 heteroatoms. The van der Waals surface area contributed by atoms with Crippen molar-refractivity contribution in [1.82, 2.24) is 0 Å². The lowest BCUT2D eigenvalue weighted by molar-refractivity contribution is 0.118. The summed E-state index contributed by atoms with van der Waals surface area (Å²) < 4.78 is 42.5. The SMILES string of the molecule is NS(=O)(=O)CC1(COc2cc(F)cc(Br)c2)CCCCC1.